The number of rotatable bonds is 2. The normalized spacial score (nSPS) is 36.6. The van der Waals surface area contributed by atoms with Crippen LogP contribution in [0.1, 0.15) is 13.3 Å². The molecule has 1 heterocycles. The van der Waals surface area contributed by atoms with Crippen molar-refractivity contribution in [2.24, 2.45) is 5.92 Å². The first-order chi connectivity index (χ1) is 5.41. The summed E-state index contributed by atoms with van der Waals surface area (Å²) in [6.07, 6.45) is -1.77. The third-order valence-electron chi connectivity index (χ3n) is 2.06. The standard InChI is InChI=1S/C7H13FO3S/c1-5(8)2-6-3-12(10,11)4-7(6)9/h5-7,9H,2-4H2,1H3. The van der Waals surface area contributed by atoms with Gasteiger partial charge in [-0.1, -0.05) is 0 Å². The topological polar surface area (TPSA) is 54.4 Å². The molecular weight excluding hydrogens is 183 g/mol. The number of alkyl halides is 1. The summed E-state index contributed by atoms with van der Waals surface area (Å²) < 4.78 is 34.4. The number of aliphatic hydroxyl groups excluding tert-OH is 1. The Morgan fingerprint density at radius 3 is 2.50 bits per heavy atom. The van der Waals surface area contributed by atoms with Gasteiger partial charge >= 0.3 is 0 Å². The van der Waals surface area contributed by atoms with E-state index in [0.717, 1.165) is 0 Å². The Kier molecular flexibility index (Phi) is 2.73. The minimum Gasteiger partial charge on any atom is -0.392 e. The predicted molar refractivity (Wildman–Crippen MR) is 43.3 cm³/mol. The van der Waals surface area contributed by atoms with Crippen LogP contribution in [0, 0.1) is 5.92 Å². The van der Waals surface area contributed by atoms with Gasteiger partial charge in [0.05, 0.1) is 23.8 Å². The molecular formula is C7H13FO3S. The second-order valence-corrected chi connectivity index (χ2v) is 5.57. The SMILES string of the molecule is CC(F)CC1CS(=O)(=O)CC1O. The summed E-state index contributed by atoms with van der Waals surface area (Å²) in [5, 5.41) is 9.23. The van der Waals surface area contributed by atoms with Gasteiger partial charge in [-0.3, -0.25) is 0 Å². The van der Waals surface area contributed by atoms with Crippen LogP contribution in [0.4, 0.5) is 4.39 Å². The molecule has 0 radical (unpaired) electrons. The Balaban J connectivity index is 2.58. The smallest absolute Gasteiger partial charge is 0.153 e. The van der Waals surface area contributed by atoms with Crippen LogP contribution < -0.4 is 0 Å². The summed E-state index contributed by atoms with van der Waals surface area (Å²) >= 11 is 0. The largest absolute Gasteiger partial charge is 0.392 e. The summed E-state index contributed by atoms with van der Waals surface area (Å²) in [6.45, 7) is 1.37. The molecule has 1 N–H and O–H groups in total. The minimum atomic E-state index is -3.11. The van der Waals surface area contributed by atoms with Crippen LogP contribution >= 0.6 is 0 Å². The van der Waals surface area contributed by atoms with Crippen molar-refractivity contribution in [2.45, 2.75) is 25.6 Å². The van der Waals surface area contributed by atoms with Crippen LogP contribution in [0.2, 0.25) is 0 Å². The zero-order valence-corrected chi connectivity index (χ0v) is 7.72. The second kappa shape index (κ2) is 3.30. The summed E-state index contributed by atoms with van der Waals surface area (Å²) in [5.41, 5.74) is 0. The van der Waals surface area contributed by atoms with E-state index in [1.54, 1.807) is 0 Å². The molecule has 5 heteroatoms. The molecule has 0 aromatic carbocycles. The van der Waals surface area contributed by atoms with E-state index in [1.807, 2.05) is 0 Å². The Bertz CT molecular complexity index is 247. The van der Waals surface area contributed by atoms with E-state index in [4.69, 9.17) is 0 Å². The van der Waals surface area contributed by atoms with Gasteiger partial charge < -0.3 is 5.11 Å². The maximum Gasteiger partial charge on any atom is 0.153 e. The highest BCUT2D eigenvalue weighted by atomic mass is 32.2. The van der Waals surface area contributed by atoms with E-state index in [9.17, 15) is 17.9 Å². The van der Waals surface area contributed by atoms with Crippen LogP contribution in [0.25, 0.3) is 0 Å². The highest BCUT2D eigenvalue weighted by Gasteiger charge is 2.36. The zero-order chi connectivity index (χ0) is 9.35. The molecule has 1 fully saturated rings. The van der Waals surface area contributed by atoms with Gasteiger partial charge in [0.2, 0.25) is 0 Å². The lowest BCUT2D eigenvalue weighted by molar-refractivity contribution is 0.127. The summed E-state index contributed by atoms with van der Waals surface area (Å²) in [4.78, 5) is 0. The predicted octanol–water partition coefficient (Wildman–Crippen LogP) is 0.140. The van der Waals surface area contributed by atoms with Gasteiger partial charge in [0.25, 0.3) is 0 Å². The molecule has 3 atom stereocenters. The number of hydrogen-bond donors (Lipinski definition) is 1. The van der Waals surface area contributed by atoms with Crippen molar-refractivity contribution < 1.29 is 17.9 Å². The Morgan fingerprint density at radius 2 is 2.17 bits per heavy atom. The van der Waals surface area contributed by atoms with Crippen molar-refractivity contribution in [1.82, 2.24) is 0 Å². The average Bonchev–Trinajstić information content (AvgIpc) is 2.03. The Labute approximate surface area is 71.5 Å². The Morgan fingerprint density at radius 1 is 1.58 bits per heavy atom. The second-order valence-electron chi connectivity index (χ2n) is 3.42. The molecule has 1 saturated heterocycles. The van der Waals surface area contributed by atoms with Crippen LogP contribution in [-0.4, -0.2) is 37.3 Å². The van der Waals surface area contributed by atoms with Crippen LogP contribution in [-0.2, 0) is 9.84 Å². The fourth-order valence-electron chi connectivity index (χ4n) is 1.54. The third kappa shape index (κ3) is 2.42. The van der Waals surface area contributed by atoms with Gasteiger partial charge in [0, 0.05) is 5.92 Å². The van der Waals surface area contributed by atoms with Crippen molar-refractivity contribution in [1.29, 1.82) is 0 Å². The number of hydrogen-bond acceptors (Lipinski definition) is 3. The van der Waals surface area contributed by atoms with Crippen molar-refractivity contribution in [3.63, 3.8) is 0 Å². The van der Waals surface area contributed by atoms with Crippen molar-refractivity contribution in [3.05, 3.63) is 0 Å². The van der Waals surface area contributed by atoms with Crippen molar-refractivity contribution in [2.75, 3.05) is 11.5 Å². The fraction of sp³-hybridized carbons (Fsp3) is 1.00. The maximum atomic E-state index is 12.5. The maximum absolute atomic E-state index is 12.5. The molecule has 12 heavy (non-hydrogen) atoms. The van der Waals surface area contributed by atoms with Crippen molar-refractivity contribution in [3.8, 4) is 0 Å². The average molecular weight is 196 g/mol. The first-order valence-corrected chi connectivity index (χ1v) is 5.75. The molecule has 1 rings (SSSR count). The van der Waals surface area contributed by atoms with Gasteiger partial charge in [0.1, 0.15) is 0 Å². The molecule has 0 spiro atoms. The molecule has 0 amide bonds. The summed E-state index contributed by atoms with van der Waals surface area (Å²) in [6, 6.07) is 0. The lowest BCUT2D eigenvalue weighted by Crippen LogP contribution is -2.20. The first kappa shape index (κ1) is 9.92. The van der Waals surface area contributed by atoms with E-state index in [0.29, 0.717) is 0 Å². The molecule has 0 saturated carbocycles. The van der Waals surface area contributed by atoms with Gasteiger partial charge in [-0.25, -0.2) is 12.8 Å². The van der Waals surface area contributed by atoms with Gasteiger partial charge in [-0.05, 0) is 13.3 Å². The van der Waals surface area contributed by atoms with Crippen molar-refractivity contribution >= 4 is 9.84 Å². The van der Waals surface area contributed by atoms with Gasteiger partial charge in [-0.15, -0.1) is 0 Å². The summed E-state index contributed by atoms with van der Waals surface area (Å²) in [5.74, 6) is -0.678. The van der Waals surface area contributed by atoms with E-state index < -0.39 is 28.0 Å². The third-order valence-corrected chi connectivity index (χ3v) is 3.85. The molecule has 1 aliphatic heterocycles. The molecule has 3 unspecified atom stereocenters. The fourth-order valence-corrected chi connectivity index (χ4v) is 3.48. The quantitative estimate of drug-likeness (QED) is 0.683. The Hall–Kier alpha value is -0.160. The van der Waals surface area contributed by atoms with Gasteiger partial charge in [0.15, 0.2) is 9.84 Å². The molecule has 1 aliphatic rings. The van der Waals surface area contributed by atoms with Crippen LogP contribution in [0.15, 0.2) is 0 Å². The molecule has 0 aliphatic carbocycles. The molecule has 0 aromatic rings. The molecule has 0 aromatic heterocycles. The van der Waals surface area contributed by atoms with E-state index in [-0.39, 0.29) is 17.9 Å². The number of halogens is 1. The number of aliphatic hydroxyl groups is 1. The highest BCUT2D eigenvalue weighted by Crippen LogP contribution is 2.24. The zero-order valence-electron chi connectivity index (χ0n) is 6.90. The van der Waals surface area contributed by atoms with Crippen LogP contribution in [0.3, 0.4) is 0 Å². The molecule has 72 valence electrons. The first-order valence-electron chi connectivity index (χ1n) is 3.93. The highest BCUT2D eigenvalue weighted by molar-refractivity contribution is 7.91. The van der Waals surface area contributed by atoms with Gasteiger partial charge in [-0.2, -0.15) is 0 Å². The lowest BCUT2D eigenvalue weighted by Gasteiger charge is -2.12. The van der Waals surface area contributed by atoms with E-state index >= 15 is 0 Å². The monoisotopic (exact) mass is 196 g/mol. The number of sulfone groups is 1. The summed E-state index contributed by atoms with van der Waals surface area (Å²) in [7, 11) is -3.11. The lowest BCUT2D eigenvalue weighted by atomic mass is 10.0. The van der Waals surface area contributed by atoms with Crippen LogP contribution in [0.5, 0.6) is 0 Å². The molecule has 0 bridgehead atoms. The minimum absolute atomic E-state index is 0.0670. The van der Waals surface area contributed by atoms with E-state index in [1.165, 1.54) is 6.92 Å². The van der Waals surface area contributed by atoms with E-state index in [2.05, 4.69) is 0 Å². The molecule has 3 nitrogen and oxygen atoms in total.